The average Bonchev–Trinajstić information content (AvgIpc) is 2.55. The molecule has 2 aromatic carbocycles. The highest BCUT2D eigenvalue weighted by Gasteiger charge is 2.09. The number of nitrogens with zero attached hydrogens (tertiary/aromatic N) is 1. The summed E-state index contributed by atoms with van der Waals surface area (Å²) in [7, 11) is 0. The standard InChI is InChI=1S/C18H18I2N2O3/c1-10-4-5-11(2)18(12(10)3)25-9-16(23)22-21-8-13-6-14(19)7-15(20)17(13)24/h4-8,24H,9H2,1-3H3,(H,22,23)/b21-8-. The molecule has 0 aliphatic carbocycles. The van der Waals surface area contributed by atoms with Crippen LogP contribution in [0.5, 0.6) is 11.5 Å². The number of benzene rings is 2. The number of aromatic hydroxyl groups is 1. The van der Waals surface area contributed by atoms with Gasteiger partial charge in [0.05, 0.1) is 9.78 Å². The van der Waals surface area contributed by atoms with E-state index in [0.717, 1.165) is 29.6 Å². The molecule has 0 fully saturated rings. The van der Waals surface area contributed by atoms with E-state index in [2.05, 4.69) is 33.1 Å². The smallest absolute Gasteiger partial charge is 0.277 e. The minimum Gasteiger partial charge on any atom is -0.506 e. The number of carbonyl (C=O) groups is 1. The van der Waals surface area contributed by atoms with Crippen LogP contribution >= 0.6 is 45.2 Å². The average molecular weight is 564 g/mol. The first kappa shape index (κ1) is 20.0. The Kier molecular flexibility index (Phi) is 7.05. The molecule has 0 aliphatic rings. The second kappa shape index (κ2) is 8.84. The number of phenols is 1. The molecular formula is C18H18I2N2O3. The van der Waals surface area contributed by atoms with E-state index in [1.165, 1.54) is 6.21 Å². The molecule has 0 bridgehead atoms. The SMILES string of the molecule is Cc1ccc(C)c(OCC(=O)N/N=C\c2cc(I)cc(I)c2O)c1C. The second-order valence-corrected chi connectivity index (χ2v) is 7.97. The van der Waals surface area contributed by atoms with Gasteiger partial charge in [-0.3, -0.25) is 4.79 Å². The van der Waals surface area contributed by atoms with Crippen molar-refractivity contribution in [2.75, 3.05) is 6.61 Å². The predicted octanol–water partition coefficient (Wildman–Crippen LogP) is 4.06. The Hall–Kier alpha value is -1.36. The van der Waals surface area contributed by atoms with Gasteiger partial charge in [-0.25, -0.2) is 5.43 Å². The molecule has 0 unspecified atom stereocenters. The Balaban J connectivity index is 1.97. The molecule has 0 saturated heterocycles. The fraction of sp³-hybridized carbons (Fsp3) is 0.222. The Labute approximate surface area is 174 Å². The van der Waals surface area contributed by atoms with Crippen molar-refractivity contribution in [2.45, 2.75) is 20.8 Å². The van der Waals surface area contributed by atoms with Crippen molar-refractivity contribution in [3.05, 3.63) is 53.7 Å². The third-order valence-corrected chi connectivity index (χ3v) is 5.12. The maximum Gasteiger partial charge on any atom is 0.277 e. The summed E-state index contributed by atoms with van der Waals surface area (Å²) in [6, 6.07) is 7.63. The van der Waals surface area contributed by atoms with Crippen LogP contribution in [-0.2, 0) is 4.79 Å². The van der Waals surface area contributed by atoms with Gasteiger partial charge in [0.25, 0.3) is 5.91 Å². The molecule has 25 heavy (non-hydrogen) atoms. The normalized spacial score (nSPS) is 10.9. The molecule has 7 heteroatoms. The highest BCUT2D eigenvalue weighted by Crippen LogP contribution is 2.26. The molecule has 0 aromatic heterocycles. The van der Waals surface area contributed by atoms with Crippen LogP contribution in [0, 0.1) is 27.9 Å². The molecule has 0 spiro atoms. The van der Waals surface area contributed by atoms with Gasteiger partial charge < -0.3 is 9.84 Å². The summed E-state index contributed by atoms with van der Waals surface area (Å²) in [6.45, 7) is 5.79. The van der Waals surface area contributed by atoms with Gasteiger partial charge in [-0.15, -0.1) is 0 Å². The molecule has 0 radical (unpaired) electrons. The van der Waals surface area contributed by atoms with Gasteiger partial charge in [0, 0.05) is 9.13 Å². The summed E-state index contributed by atoms with van der Waals surface area (Å²) >= 11 is 4.20. The fourth-order valence-electron chi connectivity index (χ4n) is 2.18. The molecule has 5 nitrogen and oxygen atoms in total. The summed E-state index contributed by atoms with van der Waals surface area (Å²) in [5.74, 6) is 0.501. The van der Waals surface area contributed by atoms with Gasteiger partial charge in [-0.1, -0.05) is 12.1 Å². The number of aryl methyl sites for hydroxylation is 2. The minimum absolute atomic E-state index is 0.127. The zero-order valence-electron chi connectivity index (χ0n) is 14.1. The minimum atomic E-state index is -0.364. The van der Waals surface area contributed by atoms with Crippen LogP contribution in [0.2, 0.25) is 0 Å². The number of ether oxygens (including phenoxy) is 1. The third-order valence-electron chi connectivity index (χ3n) is 3.67. The van der Waals surface area contributed by atoms with Gasteiger partial charge in [-0.05, 0) is 94.8 Å². The number of phenolic OH excluding ortho intramolecular Hbond substituents is 1. The van der Waals surface area contributed by atoms with Crippen LogP contribution in [0.4, 0.5) is 0 Å². The van der Waals surface area contributed by atoms with Crippen molar-refractivity contribution in [3.63, 3.8) is 0 Å². The largest absolute Gasteiger partial charge is 0.506 e. The first-order valence-electron chi connectivity index (χ1n) is 7.49. The van der Waals surface area contributed by atoms with Crippen LogP contribution in [0.15, 0.2) is 29.4 Å². The Morgan fingerprint density at radius 1 is 1.24 bits per heavy atom. The van der Waals surface area contributed by atoms with E-state index in [1.54, 1.807) is 6.07 Å². The molecule has 2 aromatic rings. The van der Waals surface area contributed by atoms with Gasteiger partial charge in [0.2, 0.25) is 0 Å². The Morgan fingerprint density at radius 3 is 2.64 bits per heavy atom. The van der Waals surface area contributed by atoms with E-state index >= 15 is 0 Å². The van der Waals surface area contributed by atoms with E-state index in [9.17, 15) is 9.90 Å². The van der Waals surface area contributed by atoms with Crippen LogP contribution in [0.3, 0.4) is 0 Å². The van der Waals surface area contributed by atoms with Gasteiger partial charge in [0.15, 0.2) is 6.61 Å². The summed E-state index contributed by atoms with van der Waals surface area (Å²) in [4.78, 5) is 11.9. The number of hydrogen-bond donors (Lipinski definition) is 2. The van der Waals surface area contributed by atoms with E-state index < -0.39 is 0 Å². The molecule has 2 rings (SSSR count). The van der Waals surface area contributed by atoms with Crippen molar-refractivity contribution < 1.29 is 14.6 Å². The van der Waals surface area contributed by atoms with E-state index in [4.69, 9.17) is 4.74 Å². The number of rotatable bonds is 5. The lowest BCUT2D eigenvalue weighted by Crippen LogP contribution is -2.25. The topological polar surface area (TPSA) is 70.9 Å². The van der Waals surface area contributed by atoms with Crippen molar-refractivity contribution in [2.24, 2.45) is 5.10 Å². The molecule has 0 saturated carbocycles. The second-order valence-electron chi connectivity index (χ2n) is 5.56. The Morgan fingerprint density at radius 2 is 1.92 bits per heavy atom. The number of nitrogens with one attached hydrogen (secondary N) is 1. The lowest BCUT2D eigenvalue weighted by molar-refractivity contribution is -0.123. The molecule has 1 amide bonds. The lowest BCUT2D eigenvalue weighted by Gasteiger charge is -2.13. The van der Waals surface area contributed by atoms with Crippen molar-refractivity contribution >= 4 is 57.3 Å². The number of halogens is 2. The zero-order valence-corrected chi connectivity index (χ0v) is 18.4. The predicted molar refractivity (Wildman–Crippen MR) is 115 cm³/mol. The summed E-state index contributed by atoms with van der Waals surface area (Å²) in [5.41, 5.74) is 6.08. The van der Waals surface area contributed by atoms with Gasteiger partial charge >= 0.3 is 0 Å². The molecular weight excluding hydrogens is 546 g/mol. The molecule has 132 valence electrons. The van der Waals surface area contributed by atoms with Crippen LogP contribution in [-0.4, -0.2) is 23.8 Å². The van der Waals surface area contributed by atoms with Crippen molar-refractivity contribution in [1.82, 2.24) is 5.43 Å². The lowest BCUT2D eigenvalue weighted by atomic mass is 10.1. The number of carbonyl (C=O) groups excluding carboxylic acids is 1. The van der Waals surface area contributed by atoms with Gasteiger partial charge in [0.1, 0.15) is 11.5 Å². The van der Waals surface area contributed by atoms with Gasteiger partial charge in [-0.2, -0.15) is 5.10 Å². The number of hydrogen-bond acceptors (Lipinski definition) is 4. The maximum atomic E-state index is 11.9. The quantitative estimate of drug-likeness (QED) is 0.327. The van der Waals surface area contributed by atoms with E-state index in [-0.39, 0.29) is 18.3 Å². The molecule has 0 atom stereocenters. The number of hydrazone groups is 1. The monoisotopic (exact) mass is 564 g/mol. The molecule has 0 heterocycles. The number of amides is 1. The Bertz CT molecular complexity index is 836. The third kappa shape index (κ3) is 5.30. The maximum absolute atomic E-state index is 11.9. The first-order valence-corrected chi connectivity index (χ1v) is 9.65. The zero-order chi connectivity index (χ0) is 18.6. The van der Waals surface area contributed by atoms with Crippen molar-refractivity contribution in [3.8, 4) is 11.5 Å². The van der Waals surface area contributed by atoms with Crippen LogP contribution in [0.25, 0.3) is 0 Å². The summed E-state index contributed by atoms with van der Waals surface area (Å²) < 4.78 is 7.34. The van der Waals surface area contributed by atoms with Crippen molar-refractivity contribution in [1.29, 1.82) is 0 Å². The fourth-order valence-corrected chi connectivity index (χ4v) is 4.07. The van der Waals surface area contributed by atoms with Crippen LogP contribution < -0.4 is 10.2 Å². The summed E-state index contributed by atoms with van der Waals surface area (Å²) in [6.07, 6.45) is 1.42. The molecule has 2 N–H and O–H groups in total. The highest BCUT2D eigenvalue weighted by molar-refractivity contribution is 14.1. The first-order chi connectivity index (χ1) is 11.8. The highest BCUT2D eigenvalue weighted by atomic mass is 127. The van der Waals surface area contributed by atoms with Crippen LogP contribution in [0.1, 0.15) is 22.3 Å². The molecule has 0 aliphatic heterocycles. The van der Waals surface area contributed by atoms with E-state index in [1.807, 2.05) is 61.6 Å². The van der Waals surface area contributed by atoms with E-state index in [0.29, 0.717) is 5.56 Å². The summed E-state index contributed by atoms with van der Waals surface area (Å²) in [5, 5.41) is 13.9.